The van der Waals surface area contributed by atoms with Crippen molar-refractivity contribution in [3.8, 4) is 5.75 Å². The molecule has 0 spiro atoms. The Morgan fingerprint density at radius 1 is 1.27 bits per heavy atom. The van der Waals surface area contributed by atoms with Crippen LogP contribution in [0.3, 0.4) is 0 Å². The largest absolute Gasteiger partial charge is 0.573 e. The van der Waals surface area contributed by atoms with Gasteiger partial charge in [0.05, 0.1) is 0 Å². The molecule has 1 aromatic carbocycles. The fourth-order valence-corrected chi connectivity index (χ4v) is 1.06. The Bertz CT molecular complexity index is 304. The van der Waals surface area contributed by atoms with Gasteiger partial charge >= 0.3 is 6.36 Å². The summed E-state index contributed by atoms with van der Waals surface area (Å²) in [5.74, 6) is -0.205. The van der Waals surface area contributed by atoms with Gasteiger partial charge in [-0.25, -0.2) is 0 Å². The Labute approximate surface area is 91.6 Å². The second kappa shape index (κ2) is 5.82. The molecule has 0 fully saturated rings. The number of nitrogens with two attached hydrogens (primary N) is 1. The number of hydrogen-bond acceptors (Lipinski definition) is 2. The molecule has 0 amide bonds. The first-order valence-electron chi connectivity index (χ1n) is 4.06. The molecule has 0 aliphatic rings. The number of benzene rings is 1. The maximum atomic E-state index is 11.8. The quantitative estimate of drug-likeness (QED) is 0.883. The summed E-state index contributed by atoms with van der Waals surface area (Å²) in [6, 6.07) is 5.80. The molecule has 0 aromatic heterocycles. The van der Waals surface area contributed by atoms with Gasteiger partial charge in [0.25, 0.3) is 0 Å². The van der Waals surface area contributed by atoms with E-state index >= 15 is 0 Å². The van der Waals surface area contributed by atoms with Gasteiger partial charge < -0.3 is 10.5 Å². The molecule has 0 radical (unpaired) electrons. The van der Waals surface area contributed by atoms with Crippen LogP contribution in [0.5, 0.6) is 5.75 Å². The van der Waals surface area contributed by atoms with Gasteiger partial charge in [-0.1, -0.05) is 12.1 Å². The number of alkyl halides is 3. The van der Waals surface area contributed by atoms with Crippen LogP contribution in [0.15, 0.2) is 24.3 Å². The highest BCUT2D eigenvalue weighted by atomic mass is 35.5. The average molecular weight is 242 g/mol. The van der Waals surface area contributed by atoms with Crippen LogP contribution in [-0.2, 0) is 6.42 Å². The molecule has 6 heteroatoms. The molecule has 1 rings (SSSR count). The Morgan fingerprint density at radius 3 is 2.47 bits per heavy atom. The van der Waals surface area contributed by atoms with Gasteiger partial charge in [-0.05, 0) is 30.7 Å². The van der Waals surface area contributed by atoms with Crippen LogP contribution < -0.4 is 10.5 Å². The van der Waals surface area contributed by atoms with Crippen LogP contribution in [-0.4, -0.2) is 12.9 Å². The first kappa shape index (κ1) is 14.1. The van der Waals surface area contributed by atoms with E-state index in [2.05, 4.69) is 4.74 Å². The summed E-state index contributed by atoms with van der Waals surface area (Å²) < 4.78 is 39.2. The minimum atomic E-state index is -4.64. The summed E-state index contributed by atoms with van der Waals surface area (Å²) >= 11 is 0. The van der Waals surface area contributed by atoms with Gasteiger partial charge in [-0.3, -0.25) is 0 Å². The molecule has 15 heavy (non-hydrogen) atoms. The Hall–Kier alpha value is -0.940. The molecular weight excluding hydrogens is 231 g/mol. The summed E-state index contributed by atoms with van der Waals surface area (Å²) in [5, 5.41) is 0. The molecule has 86 valence electrons. The number of hydrogen-bond donors (Lipinski definition) is 1. The summed E-state index contributed by atoms with van der Waals surface area (Å²) in [4.78, 5) is 0. The van der Waals surface area contributed by atoms with E-state index in [1.807, 2.05) is 0 Å². The molecule has 0 atom stereocenters. The molecule has 1 aromatic rings. The van der Waals surface area contributed by atoms with Crippen LogP contribution in [0.1, 0.15) is 5.56 Å². The van der Waals surface area contributed by atoms with Crippen LogP contribution in [0.2, 0.25) is 0 Å². The van der Waals surface area contributed by atoms with E-state index in [1.54, 1.807) is 6.07 Å². The van der Waals surface area contributed by atoms with E-state index in [0.717, 1.165) is 5.56 Å². The molecule has 0 aliphatic heterocycles. The smallest absolute Gasteiger partial charge is 0.406 e. The van der Waals surface area contributed by atoms with E-state index in [1.165, 1.54) is 18.2 Å². The van der Waals surface area contributed by atoms with E-state index < -0.39 is 6.36 Å². The minimum Gasteiger partial charge on any atom is -0.406 e. The van der Waals surface area contributed by atoms with Gasteiger partial charge in [0.15, 0.2) is 0 Å². The van der Waals surface area contributed by atoms with Crippen molar-refractivity contribution in [3.63, 3.8) is 0 Å². The van der Waals surface area contributed by atoms with Gasteiger partial charge in [-0.2, -0.15) is 0 Å². The summed E-state index contributed by atoms with van der Waals surface area (Å²) in [5.41, 5.74) is 6.01. The van der Waals surface area contributed by atoms with Crippen LogP contribution >= 0.6 is 12.4 Å². The Balaban J connectivity index is 0.00000196. The Kier molecular flexibility index (Phi) is 5.46. The maximum absolute atomic E-state index is 11.8. The second-order valence-corrected chi connectivity index (χ2v) is 2.73. The highest BCUT2D eigenvalue weighted by Gasteiger charge is 2.30. The summed E-state index contributed by atoms with van der Waals surface area (Å²) in [6.45, 7) is 0.398. The zero-order valence-electron chi connectivity index (χ0n) is 7.75. The van der Waals surface area contributed by atoms with Gasteiger partial charge in [0.2, 0.25) is 0 Å². The highest BCUT2D eigenvalue weighted by Crippen LogP contribution is 2.23. The molecule has 2 nitrogen and oxygen atoms in total. The molecular formula is C9H11ClF3NO. The first-order chi connectivity index (χ1) is 6.51. The van der Waals surface area contributed by atoms with Crippen molar-refractivity contribution >= 4 is 12.4 Å². The number of halogens is 4. The number of ether oxygens (including phenoxy) is 1. The SMILES string of the molecule is Cl.NCCc1cccc(OC(F)(F)F)c1. The third-order valence-corrected chi connectivity index (χ3v) is 1.57. The zero-order valence-corrected chi connectivity index (χ0v) is 8.57. The number of rotatable bonds is 3. The Morgan fingerprint density at radius 2 is 1.93 bits per heavy atom. The summed E-state index contributed by atoms with van der Waals surface area (Å²) in [6.07, 6.45) is -4.10. The fourth-order valence-electron chi connectivity index (χ4n) is 1.06. The monoisotopic (exact) mass is 241 g/mol. The molecule has 0 bridgehead atoms. The van der Waals surface area contributed by atoms with Crippen molar-refractivity contribution in [2.75, 3.05) is 6.54 Å². The molecule has 0 aliphatic carbocycles. The molecule has 2 N–H and O–H groups in total. The van der Waals surface area contributed by atoms with Crippen molar-refractivity contribution < 1.29 is 17.9 Å². The van der Waals surface area contributed by atoms with Crippen molar-refractivity contribution in [1.82, 2.24) is 0 Å². The molecule has 0 heterocycles. The lowest BCUT2D eigenvalue weighted by molar-refractivity contribution is -0.274. The van der Waals surface area contributed by atoms with E-state index in [-0.39, 0.29) is 18.2 Å². The lowest BCUT2D eigenvalue weighted by Gasteiger charge is -2.09. The van der Waals surface area contributed by atoms with Crippen LogP contribution in [0.4, 0.5) is 13.2 Å². The standard InChI is InChI=1S/C9H10F3NO.ClH/c10-9(11,12)14-8-3-1-2-7(6-8)4-5-13;/h1-3,6H,4-5,13H2;1H. The maximum Gasteiger partial charge on any atom is 0.573 e. The van der Waals surface area contributed by atoms with Crippen molar-refractivity contribution in [1.29, 1.82) is 0 Å². The summed E-state index contributed by atoms with van der Waals surface area (Å²) in [7, 11) is 0. The van der Waals surface area contributed by atoms with Gasteiger partial charge in [-0.15, -0.1) is 25.6 Å². The topological polar surface area (TPSA) is 35.2 Å². The van der Waals surface area contributed by atoms with Crippen LogP contribution in [0, 0.1) is 0 Å². The van der Waals surface area contributed by atoms with E-state index in [9.17, 15) is 13.2 Å². The highest BCUT2D eigenvalue weighted by molar-refractivity contribution is 5.85. The average Bonchev–Trinajstić information content (AvgIpc) is 2.02. The van der Waals surface area contributed by atoms with Crippen molar-refractivity contribution in [2.45, 2.75) is 12.8 Å². The normalized spacial score (nSPS) is 10.7. The zero-order chi connectivity index (χ0) is 10.6. The minimum absolute atomic E-state index is 0. The van der Waals surface area contributed by atoms with Crippen LogP contribution in [0.25, 0.3) is 0 Å². The molecule has 0 saturated heterocycles. The predicted octanol–water partition coefficient (Wildman–Crippen LogP) is 2.51. The third kappa shape index (κ3) is 5.49. The van der Waals surface area contributed by atoms with Gasteiger partial charge in [0, 0.05) is 0 Å². The first-order valence-corrected chi connectivity index (χ1v) is 4.06. The lowest BCUT2D eigenvalue weighted by atomic mass is 10.1. The second-order valence-electron chi connectivity index (χ2n) is 2.73. The van der Waals surface area contributed by atoms with Gasteiger partial charge in [0.1, 0.15) is 5.75 Å². The lowest BCUT2D eigenvalue weighted by Crippen LogP contribution is -2.17. The predicted molar refractivity (Wildman–Crippen MR) is 53.1 cm³/mol. The molecule has 0 saturated carbocycles. The van der Waals surface area contributed by atoms with Crippen molar-refractivity contribution in [3.05, 3.63) is 29.8 Å². The van der Waals surface area contributed by atoms with E-state index in [4.69, 9.17) is 5.73 Å². The third-order valence-electron chi connectivity index (χ3n) is 1.57. The van der Waals surface area contributed by atoms with E-state index in [0.29, 0.717) is 13.0 Å². The molecule has 0 unspecified atom stereocenters. The fraction of sp³-hybridized carbons (Fsp3) is 0.333. The van der Waals surface area contributed by atoms with Crippen molar-refractivity contribution in [2.24, 2.45) is 5.73 Å².